The molecule has 1 aromatic rings. The second-order valence-corrected chi connectivity index (χ2v) is 5.96. The average molecular weight is 295 g/mol. The van der Waals surface area contributed by atoms with E-state index in [-0.39, 0.29) is 18.2 Å². The number of hydrogen-bond donors (Lipinski definition) is 1. The smallest absolute Gasteiger partial charge is 0.407 e. The minimum atomic E-state index is -0.547. The van der Waals surface area contributed by atoms with Crippen molar-refractivity contribution in [1.29, 1.82) is 0 Å². The fraction of sp³-hybridized carbons (Fsp3) is 0.667. The molecule has 6 heteroatoms. The number of nitrogens with zero attached hydrogens (tertiary/aromatic N) is 2. The van der Waals surface area contributed by atoms with E-state index < -0.39 is 11.7 Å². The van der Waals surface area contributed by atoms with Crippen molar-refractivity contribution in [3.8, 4) is 0 Å². The van der Waals surface area contributed by atoms with Crippen LogP contribution in [-0.4, -0.2) is 33.3 Å². The molecule has 118 valence electrons. The zero-order valence-corrected chi connectivity index (χ0v) is 13.5. The maximum absolute atomic E-state index is 12.2. The Labute approximate surface area is 125 Å². The van der Waals surface area contributed by atoms with Crippen LogP contribution in [0.3, 0.4) is 0 Å². The van der Waals surface area contributed by atoms with Crippen LogP contribution >= 0.6 is 0 Å². The Morgan fingerprint density at radius 1 is 1.38 bits per heavy atom. The summed E-state index contributed by atoms with van der Waals surface area (Å²) in [6.07, 6.45) is 3.69. The van der Waals surface area contributed by atoms with E-state index in [0.717, 1.165) is 6.54 Å². The van der Waals surface area contributed by atoms with Crippen LogP contribution in [0.4, 0.5) is 4.79 Å². The van der Waals surface area contributed by atoms with E-state index in [4.69, 9.17) is 4.74 Å². The largest absolute Gasteiger partial charge is 0.444 e. The third-order valence-electron chi connectivity index (χ3n) is 2.92. The molecule has 21 heavy (non-hydrogen) atoms. The molecule has 1 rings (SSSR count). The van der Waals surface area contributed by atoms with Crippen LogP contribution in [0.25, 0.3) is 0 Å². The zero-order valence-electron chi connectivity index (χ0n) is 13.5. The Bertz CT molecular complexity index is 489. The average Bonchev–Trinajstić information content (AvgIpc) is 2.84. The van der Waals surface area contributed by atoms with Crippen molar-refractivity contribution in [1.82, 2.24) is 15.1 Å². The highest BCUT2D eigenvalue weighted by molar-refractivity contribution is 5.96. The third kappa shape index (κ3) is 5.97. The van der Waals surface area contributed by atoms with Crippen molar-refractivity contribution in [3.05, 3.63) is 18.0 Å². The van der Waals surface area contributed by atoms with Gasteiger partial charge in [0.25, 0.3) is 0 Å². The lowest BCUT2D eigenvalue weighted by atomic mass is 10.0. The first-order valence-electron chi connectivity index (χ1n) is 7.30. The first-order chi connectivity index (χ1) is 9.75. The molecule has 1 unspecified atom stereocenters. The zero-order chi connectivity index (χ0) is 16.0. The Morgan fingerprint density at radius 3 is 2.52 bits per heavy atom. The van der Waals surface area contributed by atoms with Gasteiger partial charge in [-0.3, -0.25) is 9.48 Å². The monoisotopic (exact) mass is 295 g/mol. The van der Waals surface area contributed by atoms with E-state index in [2.05, 4.69) is 10.4 Å². The molecule has 0 bridgehead atoms. The van der Waals surface area contributed by atoms with E-state index in [1.54, 1.807) is 37.8 Å². The van der Waals surface area contributed by atoms with Crippen LogP contribution in [0.1, 0.15) is 57.8 Å². The third-order valence-corrected chi connectivity index (χ3v) is 2.92. The minimum Gasteiger partial charge on any atom is -0.444 e. The normalized spacial score (nSPS) is 12.8. The molecule has 0 saturated carbocycles. The van der Waals surface area contributed by atoms with Crippen LogP contribution < -0.4 is 5.32 Å². The van der Waals surface area contributed by atoms with E-state index in [1.165, 1.54) is 0 Å². The van der Waals surface area contributed by atoms with Crippen LogP contribution in [-0.2, 0) is 11.3 Å². The van der Waals surface area contributed by atoms with Crippen LogP contribution in [0.5, 0.6) is 0 Å². The number of rotatable bonds is 6. The molecule has 1 aromatic heterocycles. The summed E-state index contributed by atoms with van der Waals surface area (Å²) in [6.45, 7) is 10.0. The number of aromatic nitrogens is 2. The van der Waals surface area contributed by atoms with Gasteiger partial charge in [0, 0.05) is 25.2 Å². The molecule has 0 aliphatic rings. The van der Waals surface area contributed by atoms with Gasteiger partial charge in [0.1, 0.15) is 5.60 Å². The molecule has 0 spiro atoms. The van der Waals surface area contributed by atoms with E-state index in [1.807, 2.05) is 13.8 Å². The number of Topliss-reactive ketones (excluding diaryl/α,β-unsaturated/α-hetero) is 1. The highest BCUT2D eigenvalue weighted by Gasteiger charge is 2.21. The second kappa shape index (κ2) is 7.24. The molecular weight excluding hydrogens is 270 g/mol. The highest BCUT2D eigenvalue weighted by Crippen LogP contribution is 2.10. The molecule has 1 amide bonds. The summed E-state index contributed by atoms with van der Waals surface area (Å²) in [4.78, 5) is 23.9. The number of ketones is 1. The van der Waals surface area contributed by atoms with Crippen molar-refractivity contribution >= 4 is 11.9 Å². The predicted octanol–water partition coefficient (Wildman–Crippen LogP) is 2.78. The standard InChI is InChI=1S/C15H25N3O3/c1-6-12(17-14(20)21-15(3,4)5)8-13(19)11-9-16-18(7-2)10-11/h9-10,12H,6-8H2,1-5H3,(H,17,20). The van der Waals surface area contributed by atoms with Crippen molar-refractivity contribution in [2.45, 2.75) is 65.6 Å². The molecule has 1 N–H and O–H groups in total. The summed E-state index contributed by atoms with van der Waals surface area (Å²) >= 11 is 0. The number of nitrogens with one attached hydrogen (secondary N) is 1. The molecular formula is C15H25N3O3. The number of amides is 1. The van der Waals surface area contributed by atoms with Gasteiger partial charge in [-0.05, 0) is 34.1 Å². The van der Waals surface area contributed by atoms with E-state index >= 15 is 0 Å². The summed E-state index contributed by atoms with van der Waals surface area (Å²) < 4.78 is 6.90. The Kier molecular flexibility index (Phi) is 5.93. The summed E-state index contributed by atoms with van der Waals surface area (Å²) in [5.74, 6) is -0.0300. The van der Waals surface area contributed by atoms with Gasteiger partial charge in [0.2, 0.25) is 0 Å². The number of ether oxygens (including phenoxy) is 1. The van der Waals surface area contributed by atoms with Gasteiger partial charge in [-0.1, -0.05) is 6.92 Å². The summed E-state index contributed by atoms with van der Waals surface area (Å²) in [5.41, 5.74) is 0.0237. The highest BCUT2D eigenvalue weighted by atomic mass is 16.6. The van der Waals surface area contributed by atoms with Crippen LogP contribution in [0, 0.1) is 0 Å². The van der Waals surface area contributed by atoms with Gasteiger partial charge in [0.15, 0.2) is 5.78 Å². The van der Waals surface area contributed by atoms with Gasteiger partial charge < -0.3 is 10.1 Å². The molecule has 0 radical (unpaired) electrons. The van der Waals surface area contributed by atoms with Crippen molar-refractivity contribution in [2.24, 2.45) is 0 Å². The Morgan fingerprint density at radius 2 is 2.05 bits per heavy atom. The maximum atomic E-state index is 12.2. The lowest BCUT2D eigenvalue weighted by Crippen LogP contribution is -2.39. The molecule has 6 nitrogen and oxygen atoms in total. The first kappa shape index (κ1) is 17.2. The van der Waals surface area contributed by atoms with Gasteiger partial charge in [-0.15, -0.1) is 0 Å². The van der Waals surface area contributed by atoms with Gasteiger partial charge >= 0.3 is 6.09 Å². The summed E-state index contributed by atoms with van der Waals surface area (Å²) in [7, 11) is 0. The van der Waals surface area contributed by atoms with Crippen LogP contribution in [0.2, 0.25) is 0 Å². The van der Waals surface area contributed by atoms with E-state index in [0.29, 0.717) is 12.0 Å². The number of alkyl carbamates (subject to hydrolysis) is 1. The second-order valence-electron chi connectivity index (χ2n) is 5.96. The summed E-state index contributed by atoms with van der Waals surface area (Å²) in [5, 5.41) is 6.82. The first-order valence-corrected chi connectivity index (χ1v) is 7.30. The minimum absolute atomic E-state index is 0.0300. The molecule has 1 atom stereocenters. The molecule has 0 fully saturated rings. The molecule has 1 heterocycles. The van der Waals surface area contributed by atoms with Crippen molar-refractivity contribution in [3.63, 3.8) is 0 Å². The Balaban J connectivity index is 2.57. The number of hydrogen-bond acceptors (Lipinski definition) is 4. The fourth-order valence-corrected chi connectivity index (χ4v) is 1.79. The molecule has 0 saturated heterocycles. The van der Waals surface area contributed by atoms with Crippen LogP contribution in [0.15, 0.2) is 12.4 Å². The maximum Gasteiger partial charge on any atom is 0.407 e. The summed E-state index contributed by atoms with van der Waals surface area (Å²) in [6, 6.07) is -0.239. The topological polar surface area (TPSA) is 73.2 Å². The van der Waals surface area contributed by atoms with Gasteiger partial charge in [-0.25, -0.2) is 4.79 Å². The SMILES string of the molecule is CCC(CC(=O)c1cnn(CC)c1)NC(=O)OC(C)(C)C. The predicted molar refractivity (Wildman–Crippen MR) is 80.3 cm³/mol. The number of carbonyl (C=O) groups excluding carboxylic acids is 2. The number of aryl methyl sites for hydroxylation is 1. The van der Waals surface area contributed by atoms with Gasteiger partial charge in [0.05, 0.1) is 11.8 Å². The molecule has 0 aliphatic heterocycles. The quantitative estimate of drug-likeness (QED) is 0.819. The number of carbonyl (C=O) groups is 2. The lowest BCUT2D eigenvalue weighted by Gasteiger charge is -2.22. The van der Waals surface area contributed by atoms with Crippen molar-refractivity contribution < 1.29 is 14.3 Å². The Hall–Kier alpha value is -1.85. The fourth-order valence-electron chi connectivity index (χ4n) is 1.79. The van der Waals surface area contributed by atoms with E-state index in [9.17, 15) is 9.59 Å². The lowest BCUT2D eigenvalue weighted by molar-refractivity contribution is 0.0500. The molecule has 0 aromatic carbocycles. The van der Waals surface area contributed by atoms with Crippen molar-refractivity contribution in [2.75, 3.05) is 0 Å². The molecule has 0 aliphatic carbocycles. The van der Waals surface area contributed by atoms with Gasteiger partial charge in [-0.2, -0.15) is 5.10 Å².